The van der Waals surface area contributed by atoms with Crippen molar-refractivity contribution in [3.05, 3.63) is 45.1 Å². The Morgan fingerprint density at radius 1 is 1.34 bits per heavy atom. The number of hydrogen-bond donors (Lipinski definition) is 1. The van der Waals surface area contributed by atoms with Crippen LogP contribution in [0.4, 0.5) is 18.0 Å². The lowest BCUT2D eigenvalue weighted by Gasteiger charge is -2.40. The van der Waals surface area contributed by atoms with E-state index in [9.17, 15) is 22.8 Å². The first-order valence-corrected chi connectivity index (χ1v) is 10.6. The van der Waals surface area contributed by atoms with Gasteiger partial charge in [-0.2, -0.15) is 13.2 Å². The van der Waals surface area contributed by atoms with Crippen molar-refractivity contribution in [2.24, 2.45) is 23.9 Å². The highest BCUT2D eigenvalue weighted by Crippen LogP contribution is 2.36. The van der Waals surface area contributed by atoms with E-state index in [1.54, 1.807) is 26.4 Å². The van der Waals surface area contributed by atoms with E-state index in [2.05, 4.69) is 10.3 Å². The summed E-state index contributed by atoms with van der Waals surface area (Å²) in [4.78, 5) is 31.9. The number of allylic oxidation sites excluding steroid dienone is 3. The highest BCUT2D eigenvalue weighted by atomic mass is 19.4. The first-order valence-electron chi connectivity index (χ1n) is 10.6. The molecule has 4 rings (SSSR count). The van der Waals surface area contributed by atoms with Gasteiger partial charge >= 0.3 is 17.9 Å². The van der Waals surface area contributed by atoms with Gasteiger partial charge in [0.2, 0.25) is 0 Å². The number of halogens is 3. The van der Waals surface area contributed by atoms with Crippen molar-refractivity contribution in [3.8, 4) is 0 Å². The average molecular weight is 453 g/mol. The van der Waals surface area contributed by atoms with Crippen molar-refractivity contribution in [1.29, 1.82) is 0 Å². The van der Waals surface area contributed by atoms with Crippen molar-refractivity contribution >= 4 is 12.2 Å². The zero-order chi connectivity index (χ0) is 23.0. The Labute approximate surface area is 182 Å². The molecule has 1 saturated heterocycles. The van der Waals surface area contributed by atoms with Crippen molar-refractivity contribution in [2.75, 3.05) is 26.8 Å². The SMILES string of the molecule is COCCCC1N=c2c(n(C(=O)N3CC(C4=CCC(C(F)(F)F)C=C4)C3)c(=O)n2C)=CN1. The van der Waals surface area contributed by atoms with Gasteiger partial charge in [-0.05, 0) is 24.8 Å². The third kappa shape index (κ3) is 4.13. The largest absolute Gasteiger partial charge is 0.395 e. The van der Waals surface area contributed by atoms with Crippen molar-refractivity contribution in [3.63, 3.8) is 0 Å². The Bertz CT molecular complexity index is 1130. The van der Waals surface area contributed by atoms with Gasteiger partial charge in [0.1, 0.15) is 11.5 Å². The number of methoxy groups -OCH3 is 1. The van der Waals surface area contributed by atoms with Crippen LogP contribution in [-0.2, 0) is 11.8 Å². The number of ether oxygens (including phenoxy) is 1. The molecular weight excluding hydrogens is 427 g/mol. The summed E-state index contributed by atoms with van der Waals surface area (Å²) in [6.07, 6.45) is 2.93. The van der Waals surface area contributed by atoms with Crippen molar-refractivity contribution in [2.45, 2.75) is 31.6 Å². The number of carbonyl (C=O) groups is 1. The molecule has 1 amide bonds. The number of alkyl halides is 3. The number of likely N-dealkylation sites (tertiary alicyclic amines) is 1. The smallest absolute Gasteiger partial charge is 0.385 e. The van der Waals surface area contributed by atoms with Gasteiger partial charge in [0.15, 0.2) is 5.49 Å². The van der Waals surface area contributed by atoms with Crippen LogP contribution in [0.25, 0.3) is 6.20 Å². The maximum Gasteiger partial charge on any atom is 0.395 e. The predicted molar refractivity (Wildman–Crippen MR) is 110 cm³/mol. The molecule has 0 spiro atoms. The Balaban J connectivity index is 1.45. The molecule has 0 radical (unpaired) electrons. The molecule has 11 heteroatoms. The highest BCUT2D eigenvalue weighted by Gasteiger charge is 2.40. The van der Waals surface area contributed by atoms with Crippen LogP contribution in [0.2, 0.25) is 0 Å². The predicted octanol–water partition coefficient (Wildman–Crippen LogP) is 0.865. The van der Waals surface area contributed by atoms with Crippen LogP contribution in [0.5, 0.6) is 0 Å². The zero-order valence-corrected chi connectivity index (χ0v) is 17.9. The van der Waals surface area contributed by atoms with Gasteiger partial charge in [-0.25, -0.2) is 19.1 Å². The normalized spacial score (nSPS) is 22.9. The van der Waals surface area contributed by atoms with Crippen LogP contribution >= 0.6 is 0 Å². The van der Waals surface area contributed by atoms with E-state index < -0.39 is 23.8 Å². The number of imidazole rings is 1. The molecule has 3 aliphatic rings. The molecule has 8 nitrogen and oxygen atoms in total. The Kier molecular flexibility index (Phi) is 6.02. The van der Waals surface area contributed by atoms with Crippen LogP contribution < -0.4 is 21.8 Å². The maximum atomic E-state index is 13.0. The lowest BCUT2D eigenvalue weighted by molar-refractivity contribution is -0.160. The van der Waals surface area contributed by atoms with Gasteiger partial charge in [0, 0.05) is 46.0 Å². The minimum Gasteiger partial charge on any atom is -0.385 e. The summed E-state index contributed by atoms with van der Waals surface area (Å²) in [5.74, 6) is -1.49. The number of nitrogens with zero attached hydrogens (tertiary/aromatic N) is 4. The van der Waals surface area contributed by atoms with Gasteiger partial charge in [0.05, 0.1) is 5.92 Å². The van der Waals surface area contributed by atoms with E-state index in [0.717, 1.165) is 23.0 Å². The lowest BCUT2D eigenvalue weighted by Crippen LogP contribution is -2.56. The molecule has 174 valence electrons. The third-order valence-electron chi connectivity index (χ3n) is 6.15. The molecule has 32 heavy (non-hydrogen) atoms. The fourth-order valence-electron chi connectivity index (χ4n) is 4.18. The van der Waals surface area contributed by atoms with E-state index in [1.807, 2.05) is 0 Å². The van der Waals surface area contributed by atoms with Crippen LogP contribution in [0, 0.1) is 11.8 Å². The molecule has 1 fully saturated rings. The second-order valence-electron chi connectivity index (χ2n) is 8.31. The standard InChI is InChI=1S/C21H26F3N5O3/c1-27-18-16(10-25-17(26-18)4-3-9-32-2)29(19(27)30)20(31)28-11-14(12-28)13-5-7-15(8-6-13)21(22,23)24/h5-7,10,14-15,17,25H,3-4,8-9,11-12H2,1-2H3. The fourth-order valence-corrected chi connectivity index (χ4v) is 4.18. The first-order chi connectivity index (χ1) is 15.2. The zero-order valence-electron chi connectivity index (χ0n) is 17.9. The molecule has 1 aromatic rings. The van der Waals surface area contributed by atoms with Crippen LogP contribution in [0.3, 0.4) is 0 Å². The summed E-state index contributed by atoms with van der Waals surface area (Å²) < 4.78 is 45.9. The molecule has 0 saturated carbocycles. The van der Waals surface area contributed by atoms with Gasteiger partial charge in [-0.1, -0.05) is 18.2 Å². The third-order valence-corrected chi connectivity index (χ3v) is 6.15. The Hall–Kier alpha value is -2.82. The fraction of sp³-hybridized carbons (Fsp3) is 0.571. The van der Waals surface area contributed by atoms with Gasteiger partial charge in [0.25, 0.3) is 0 Å². The Morgan fingerprint density at radius 3 is 2.72 bits per heavy atom. The molecule has 0 aromatic carbocycles. The van der Waals surface area contributed by atoms with E-state index in [0.29, 0.717) is 30.5 Å². The van der Waals surface area contributed by atoms with Crippen LogP contribution in [-0.4, -0.2) is 59.2 Å². The summed E-state index contributed by atoms with van der Waals surface area (Å²) >= 11 is 0. The molecule has 1 aliphatic carbocycles. The molecule has 2 unspecified atom stereocenters. The summed E-state index contributed by atoms with van der Waals surface area (Å²) in [5, 5.41) is 3.52. The minimum atomic E-state index is -4.24. The number of fused-ring (bicyclic) bond motifs is 1. The number of rotatable bonds is 5. The van der Waals surface area contributed by atoms with Gasteiger partial charge in [-0.15, -0.1) is 0 Å². The lowest BCUT2D eigenvalue weighted by atomic mass is 9.85. The number of amides is 1. The quantitative estimate of drug-likeness (QED) is 0.671. The molecular formula is C21H26F3N5O3. The van der Waals surface area contributed by atoms with E-state index in [-0.39, 0.29) is 18.5 Å². The van der Waals surface area contributed by atoms with Crippen molar-refractivity contribution in [1.82, 2.24) is 19.4 Å². The van der Waals surface area contributed by atoms with Gasteiger partial charge in [-0.3, -0.25) is 4.57 Å². The van der Waals surface area contributed by atoms with Crippen molar-refractivity contribution < 1.29 is 22.7 Å². The molecule has 2 aliphatic heterocycles. The van der Waals surface area contributed by atoms with Crippen LogP contribution in [0.1, 0.15) is 19.3 Å². The molecule has 2 atom stereocenters. The van der Waals surface area contributed by atoms with Gasteiger partial charge < -0.3 is 15.0 Å². The summed E-state index contributed by atoms with van der Waals surface area (Å²) in [7, 11) is 3.21. The summed E-state index contributed by atoms with van der Waals surface area (Å²) in [5.41, 5.74) is 0.768. The number of aromatic nitrogens is 2. The molecule has 1 aromatic heterocycles. The summed E-state index contributed by atoms with van der Waals surface area (Å²) in [6.45, 7) is 1.32. The molecule has 3 heterocycles. The maximum absolute atomic E-state index is 13.0. The number of hydrogen-bond acceptors (Lipinski definition) is 5. The molecule has 1 N–H and O–H groups in total. The second kappa shape index (κ2) is 8.61. The van der Waals surface area contributed by atoms with Crippen LogP contribution in [0.15, 0.2) is 33.6 Å². The minimum absolute atomic E-state index is 0.0309. The number of carbonyl (C=O) groups excluding carboxylic acids is 1. The Morgan fingerprint density at radius 2 is 2.09 bits per heavy atom. The topological polar surface area (TPSA) is 80.9 Å². The molecule has 0 bridgehead atoms. The number of nitrogens with one attached hydrogen (secondary N) is 1. The monoisotopic (exact) mass is 453 g/mol. The summed E-state index contributed by atoms with van der Waals surface area (Å²) in [6, 6.07) is -0.456. The highest BCUT2D eigenvalue weighted by molar-refractivity contribution is 5.78. The van der Waals surface area contributed by atoms with E-state index >= 15 is 0 Å². The average Bonchev–Trinajstić information content (AvgIpc) is 2.97. The van der Waals surface area contributed by atoms with E-state index in [1.165, 1.54) is 21.6 Å². The first kappa shape index (κ1) is 22.4. The second-order valence-corrected chi connectivity index (χ2v) is 8.31. The van der Waals surface area contributed by atoms with E-state index in [4.69, 9.17) is 4.74 Å².